The molecule has 1 amide bonds. The minimum Gasteiger partial charge on any atom is -0.324 e. The summed E-state index contributed by atoms with van der Waals surface area (Å²) >= 11 is 5.86. The first-order chi connectivity index (χ1) is 12.9. The molecule has 3 aromatic rings. The summed E-state index contributed by atoms with van der Waals surface area (Å²) in [5, 5.41) is 18.1. The summed E-state index contributed by atoms with van der Waals surface area (Å²) in [6.07, 6.45) is 0. The molecule has 0 saturated heterocycles. The third-order valence-electron chi connectivity index (χ3n) is 3.64. The van der Waals surface area contributed by atoms with Crippen molar-refractivity contribution < 1.29 is 9.72 Å². The number of carbonyl (C=O) groups excluding carboxylic acids is 1. The Labute approximate surface area is 158 Å². The fourth-order valence-electron chi connectivity index (χ4n) is 2.37. The molecule has 3 rings (SSSR count). The number of aromatic nitrogens is 2. The molecule has 0 spiro atoms. The number of amides is 1. The predicted molar refractivity (Wildman–Crippen MR) is 101 cm³/mol. The number of benzene rings is 2. The summed E-state index contributed by atoms with van der Waals surface area (Å²) in [5.74, 6) is -0.529. The molecule has 0 bridgehead atoms. The van der Waals surface area contributed by atoms with Gasteiger partial charge in [-0.25, -0.2) is 4.68 Å². The molecular formula is C18H13ClN4O4. The van der Waals surface area contributed by atoms with Crippen LogP contribution in [0.15, 0.2) is 65.5 Å². The lowest BCUT2D eigenvalue weighted by Gasteiger charge is -2.08. The third kappa shape index (κ3) is 4.56. The van der Waals surface area contributed by atoms with E-state index in [1.165, 1.54) is 30.3 Å². The van der Waals surface area contributed by atoms with Gasteiger partial charge in [-0.05, 0) is 24.3 Å². The Balaban J connectivity index is 1.78. The van der Waals surface area contributed by atoms with E-state index in [0.29, 0.717) is 10.7 Å². The monoisotopic (exact) mass is 384 g/mol. The average Bonchev–Trinajstić information content (AvgIpc) is 2.64. The van der Waals surface area contributed by atoms with Gasteiger partial charge >= 0.3 is 0 Å². The zero-order valence-electron chi connectivity index (χ0n) is 13.8. The molecule has 0 unspecified atom stereocenters. The van der Waals surface area contributed by atoms with Gasteiger partial charge in [-0.15, -0.1) is 0 Å². The Bertz CT molecular complexity index is 1060. The Kier molecular flexibility index (Phi) is 5.28. The number of non-ortho nitro benzene ring substituents is 1. The van der Waals surface area contributed by atoms with Crippen LogP contribution < -0.4 is 10.9 Å². The van der Waals surface area contributed by atoms with Gasteiger partial charge in [0.25, 0.3) is 11.2 Å². The molecule has 0 saturated carbocycles. The molecule has 1 heterocycles. The molecule has 1 N–H and O–H groups in total. The van der Waals surface area contributed by atoms with Crippen molar-refractivity contribution in [1.82, 2.24) is 9.78 Å². The fourth-order valence-corrected chi connectivity index (χ4v) is 2.50. The topological polar surface area (TPSA) is 107 Å². The van der Waals surface area contributed by atoms with Crippen molar-refractivity contribution in [3.8, 4) is 11.3 Å². The lowest BCUT2D eigenvalue weighted by molar-refractivity contribution is -0.384. The van der Waals surface area contributed by atoms with Crippen molar-refractivity contribution in [2.75, 3.05) is 5.32 Å². The first-order valence-electron chi connectivity index (χ1n) is 7.81. The van der Waals surface area contributed by atoms with E-state index in [0.717, 1.165) is 10.2 Å². The highest BCUT2D eigenvalue weighted by Crippen LogP contribution is 2.19. The quantitative estimate of drug-likeness (QED) is 0.537. The highest BCUT2D eigenvalue weighted by atomic mass is 35.5. The highest BCUT2D eigenvalue weighted by Gasteiger charge is 2.11. The van der Waals surface area contributed by atoms with Gasteiger partial charge in [-0.3, -0.25) is 19.7 Å². The summed E-state index contributed by atoms with van der Waals surface area (Å²) in [4.78, 5) is 34.4. The molecule has 9 heteroatoms. The minimum absolute atomic E-state index is 0.146. The summed E-state index contributed by atoms with van der Waals surface area (Å²) in [7, 11) is 0. The molecule has 136 valence electrons. The van der Waals surface area contributed by atoms with Gasteiger partial charge in [-0.1, -0.05) is 29.8 Å². The molecule has 0 aliphatic carbocycles. The zero-order chi connectivity index (χ0) is 19.4. The molecule has 0 radical (unpaired) electrons. The van der Waals surface area contributed by atoms with Crippen LogP contribution in [-0.2, 0) is 11.3 Å². The van der Waals surface area contributed by atoms with E-state index in [4.69, 9.17) is 11.6 Å². The molecule has 0 aliphatic heterocycles. The molecule has 2 aromatic carbocycles. The second-order valence-corrected chi connectivity index (χ2v) is 6.01. The number of carbonyl (C=O) groups is 1. The molecule has 8 nitrogen and oxygen atoms in total. The van der Waals surface area contributed by atoms with Crippen LogP contribution in [0.1, 0.15) is 0 Å². The van der Waals surface area contributed by atoms with Crippen molar-refractivity contribution in [3.63, 3.8) is 0 Å². The summed E-state index contributed by atoms with van der Waals surface area (Å²) in [6.45, 7) is -0.330. The van der Waals surface area contributed by atoms with Crippen LogP contribution in [0.25, 0.3) is 11.3 Å². The number of rotatable bonds is 5. The average molecular weight is 385 g/mol. The normalized spacial score (nSPS) is 10.4. The van der Waals surface area contributed by atoms with Crippen molar-refractivity contribution >= 4 is 28.9 Å². The largest absolute Gasteiger partial charge is 0.324 e. The Morgan fingerprint density at radius 1 is 1.15 bits per heavy atom. The minimum atomic E-state index is -0.558. The van der Waals surface area contributed by atoms with Crippen molar-refractivity contribution in [2.24, 2.45) is 0 Å². The first-order valence-corrected chi connectivity index (χ1v) is 8.18. The number of hydrogen-bond donors (Lipinski definition) is 1. The maximum atomic E-state index is 12.2. The van der Waals surface area contributed by atoms with E-state index in [9.17, 15) is 19.7 Å². The maximum absolute atomic E-state index is 12.2. The van der Waals surface area contributed by atoms with Crippen molar-refractivity contribution in [3.05, 3.63) is 86.2 Å². The summed E-state index contributed by atoms with van der Waals surface area (Å²) < 4.78 is 1.02. The van der Waals surface area contributed by atoms with Crippen LogP contribution in [0.4, 0.5) is 11.4 Å². The summed E-state index contributed by atoms with van der Waals surface area (Å²) in [5.41, 5.74) is 0.924. The van der Waals surface area contributed by atoms with Crippen LogP contribution in [0.3, 0.4) is 0 Å². The van der Waals surface area contributed by atoms with E-state index >= 15 is 0 Å². The van der Waals surface area contributed by atoms with Gasteiger partial charge in [0.2, 0.25) is 5.91 Å². The molecule has 27 heavy (non-hydrogen) atoms. The number of nitro groups is 1. The number of nitrogens with one attached hydrogen (secondary N) is 1. The van der Waals surface area contributed by atoms with E-state index in [1.54, 1.807) is 30.3 Å². The van der Waals surface area contributed by atoms with Crippen LogP contribution in [-0.4, -0.2) is 20.6 Å². The molecular weight excluding hydrogens is 372 g/mol. The molecule has 0 fully saturated rings. The SMILES string of the molecule is O=C(Cn1nc(-c2ccc(Cl)cc2)ccc1=O)Nc1cccc([N+](=O)[O-])c1. The third-order valence-corrected chi connectivity index (χ3v) is 3.89. The van der Waals surface area contributed by atoms with Gasteiger partial charge in [-0.2, -0.15) is 5.10 Å². The van der Waals surface area contributed by atoms with Crippen LogP contribution in [0.5, 0.6) is 0 Å². The highest BCUT2D eigenvalue weighted by molar-refractivity contribution is 6.30. The molecule has 0 atom stereocenters. The molecule has 0 aliphatic rings. The molecule has 1 aromatic heterocycles. The van der Waals surface area contributed by atoms with Crippen LogP contribution in [0, 0.1) is 10.1 Å². The Morgan fingerprint density at radius 3 is 2.59 bits per heavy atom. The second kappa shape index (κ2) is 7.79. The van der Waals surface area contributed by atoms with Gasteiger partial charge in [0, 0.05) is 34.5 Å². The first kappa shape index (κ1) is 18.3. The number of hydrogen-bond acceptors (Lipinski definition) is 5. The lowest BCUT2D eigenvalue weighted by atomic mass is 10.1. The fraction of sp³-hybridized carbons (Fsp3) is 0.0556. The van der Waals surface area contributed by atoms with Crippen LogP contribution in [0.2, 0.25) is 5.02 Å². The van der Waals surface area contributed by atoms with Gasteiger partial charge in [0.1, 0.15) is 6.54 Å². The number of anilines is 1. The van der Waals surface area contributed by atoms with Crippen LogP contribution >= 0.6 is 11.6 Å². The Hall–Kier alpha value is -3.52. The zero-order valence-corrected chi connectivity index (χ0v) is 14.6. The smallest absolute Gasteiger partial charge is 0.271 e. The lowest BCUT2D eigenvalue weighted by Crippen LogP contribution is -2.29. The van der Waals surface area contributed by atoms with Crippen molar-refractivity contribution in [1.29, 1.82) is 0 Å². The van der Waals surface area contributed by atoms with E-state index in [-0.39, 0.29) is 17.9 Å². The second-order valence-electron chi connectivity index (χ2n) is 5.58. The Morgan fingerprint density at radius 2 is 1.89 bits per heavy atom. The maximum Gasteiger partial charge on any atom is 0.271 e. The van der Waals surface area contributed by atoms with Gasteiger partial charge < -0.3 is 5.32 Å². The number of nitrogens with zero attached hydrogens (tertiary/aromatic N) is 3. The number of halogens is 1. The van der Waals surface area contributed by atoms with Gasteiger partial charge in [0.15, 0.2) is 0 Å². The predicted octanol–water partition coefficient (Wildman–Crippen LogP) is 3.11. The van der Waals surface area contributed by atoms with E-state index in [1.807, 2.05) is 0 Å². The van der Waals surface area contributed by atoms with E-state index < -0.39 is 16.4 Å². The standard InChI is InChI=1S/C18H13ClN4O4/c19-13-6-4-12(5-7-13)16-8-9-18(25)22(21-16)11-17(24)20-14-2-1-3-15(10-14)23(26)27/h1-10H,11H2,(H,20,24). The summed E-state index contributed by atoms with van der Waals surface area (Å²) in [6, 6.07) is 15.3. The number of nitro benzene ring substituents is 1. The van der Waals surface area contributed by atoms with E-state index in [2.05, 4.69) is 10.4 Å². The van der Waals surface area contributed by atoms with Gasteiger partial charge in [0.05, 0.1) is 10.6 Å². The van der Waals surface area contributed by atoms with Crippen molar-refractivity contribution in [2.45, 2.75) is 6.54 Å².